The van der Waals surface area contributed by atoms with Crippen molar-refractivity contribution in [3.63, 3.8) is 0 Å². The fourth-order valence-electron chi connectivity index (χ4n) is 2.28. The Morgan fingerprint density at radius 2 is 1.68 bits per heavy atom. The van der Waals surface area contributed by atoms with Crippen molar-refractivity contribution < 1.29 is 9.53 Å². The number of nitrogens with zero attached hydrogens (tertiary/aromatic N) is 2. The van der Waals surface area contributed by atoms with Gasteiger partial charge in [-0.3, -0.25) is 4.79 Å². The smallest absolute Gasteiger partial charge is 0.322 e. The lowest BCUT2D eigenvalue weighted by molar-refractivity contribution is 0.102. The Morgan fingerprint density at radius 1 is 1.00 bits per heavy atom. The van der Waals surface area contributed by atoms with Crippen LogP contribution in [-0.2, 0) is 0 Å². The molecule has 6 heteroatoms. The molecule has 0 spiro atoms. The van der Waals surface area contributed by atoms with Crippen LogP contribution >= 0.6 is 15.9 Å². The fourth-order valence-corrected chi connectivity index (χ4v) is 2.68. The monoisotopic (exact) mass is 397 g/mol. The summed E-state index contributed by atoms with van der Waals surface area (Å²) in [5.74, 6) is 0.429. The third-order valence-electron chi connectivity index (χ3n) is 3.37. The second kappa shape index (κ2) is 7.44. The molecule has 0 atom stereocenters. The second-order valence-corrected chi connectivity index (χ2v) is 6.44. The number of carbonyl (C=O) groups excluding carboxylic acids is 1. The van der Waals surface area contributed by atoms with E-state index in [4.69, 9.17) is 4.74 Å². The zero-order valence-corrected chi connectivity index (χ0v) is 15.4. The fraction of sp³-hybridized carbons (Fsp3) is 0.105. The first kappa shape index (κ1) is 17.1. The number of benzene rings is 2. The van der Waals surface area contributed by atoms with E-state index in [0.717, 1.165) is 15.9 Å². The molecule has 0 aliphatic rings. The Balaban J connectivity index is 1.68. The number of hydrogen-bond donors (Lipinski definition) is 1. The van der Waals surface area contributed by atoms with Gasteiger partial charge in [0.2, 0.25) is 0 Å². The molecule has 1 heterocycles. The first-order chi connectivity index (χ1) is 12.0. The normalized spacial score (nSPS) is 10.4. The van der Waals surface area contributed by atoms with E-state index in [9.17, 15) is 4.79 Å². The van der Waals surface area contributed by atoms with Gasteiger partial charge in [-0.15, -0.1) is 0 Å². The van der Waals surface area contributed by atoms with Crippen molar-refractivity contribution in [3.8, 4) is 11.8 Å². The molecule has 0 unspecified atom stereocenters. The topological polar surface area (TPSA) is 64.1 Å². The zero-order valence-electron chi connectivity index (χ0n) is 13.8. The van der Waals surface area contributed by atoms with Gasteiger partial charge in [0, 0.05) is 27.1 Å². The summed E-state index contributed by atoms with van der Waals surface area (Å²) >= 11 is 3.36. The Labute approximate surface area is 154 Å². The number of amides is 1. The highest BCUT2D eigenvalue weighted by atomic mass is 79.9. The summed E-state index contributed by atoms with van der Waals surface area (Å²) in [5.41, 5.74) is 2.96. The van der Waals surface area contributed by atoms with Gasteiger partial charge in [-0.2, -0.15) is 0 Å². The predicted molar refractivity (Wildman–Crippen MR) is 100 cm³/mol. The Kier molecular flexibility index (Phi) is 5.09. The Bertz CT molecular complexity index is 891. The van der Waals surface area contributed by atoms with Crippen LogP contribution in [0.15, 0.2) is 59.1 Å². The van der Waals surface area contributed by atoms with Crippen LogP contribution in [0.3, 0.4) is 0 Å². The molecule has 0 fully saturated rings. The number of aromatic nitrogens is 2. The second-order valence-electron chi connectivity index (χ2n) is 5.52. The van der Waals surface area contributed by atoms with Crippen LogP contribution in [-0.4, -0.2) is 15.9 Å². The molecule has 0 aliphatic carbocycles. The van der Waals surface area contributed by atoms with Crippen molar-refractivity contribution in [1.29, 1.82) is 0 Å². The minimum absolute atomic E-state index is 0.174. The first-order valence-corrected chi connectivity index (χ1v) is 8.46. The van der Waals surface area contributed by atoms with Gasteiger partial charge < -0.3 is 10.1 Å². The number of aryl methyl sites for hydroxylation is 2. The molecule has 2 aromatic carbocycles. The number of halogens is 1. The molecule has 0 saturated heterocycles. The highest BCUT2D eigenvalue weighted by Crippen LogP contribution is 2.21. The zero-order chi connectivity index (χ0) is 17.8. The summed E-state index contributed by atoms with van der Waals surface area (Å²) in [6.45, 7) is 3.78. The number of nitrogens with one attached hydrogen (secondary N) is 1. The highest BCUT2D eigenvalue weighted by molar-refractivity contribution is 9.10. The van der Waals surface area contributed by atoms with E-state index in [-0.39, 0.29) is 5.91 Å². The maximum atomic E-state index is 12.2. The van der Waals surface area contributed by atoms with E-state index in [0.29, 0.717) is 23.0 Å². The van der Waals surface area contributed by atoms with Crippen molar-refractivity contribution in [2.45, 2.75) is 13.8 Å². The summed E-state index contributed by atoms with van der Waals surface area (Å²) in [6, 6.07) is 16.5. The van der Waals surface area contributed by atoms with E-state index in [1.165, 1.54) is 0 Å². The number of rotatable bonds is 4. The summed E-state index contributed by atoms with van der Waals surface area (Å²) in [4.78, 5) is 20.7. The standard InChI is InChI=1S/C19H16BrN3O2/c1-12-10-13(2)22-19(21-12)25-17-8-6-16(7-9-17)23-18(24)14-4-3-5-15(20)11-14/h3-11H,1-2H3,(H,23,24). The summed E-state index contributed by atoms with van der Waals surface area (Å²) in [5, 5.41) is 2.85. The van der Waals surface area contributed by atoms with Crippen molar-refractivity contribution >= 4 is 27.5 Å². The van der Waals surface area contributed by atoms with Gasteiger partial charge in [0.15, 0.2) is 0 Å². The molecule has 5 nitrogen and oxygen atoms in total. The maximum absolute atomic E-state index is 12.2. The van der Waals surface area contributed by atoms with Gasteiger partial charge in [0.05, 0.1) is 0 Å². The summed E-state index contributed by atoms with van der Waals surface area (Å²) in [6.07, 6.45) is 0. The number of hydrogen-bond acceptors (Lipinski definition) is 4. The van der Waals surface area contributed by atoms with Gasteiger partial charge in [0.1, 0.15) is 5.75 Å². The van der Waals surface area contributed by atoms with E-state index in [1.807, 2.05) is 32.0 Å². The molecule has 0 bridgehead atoms. The van der Waals surface area contributed by atoms with E-state index in [2.05, 4.69) is 31.2 Å². The minimum Gasteiger partial charge on any atom is -0.424 e. The highest BCUT2D eigenvalue weighted by Gasteiger charge is 2.07. The van der Waals surface area contributed by atoms with Crippen LogP contribution in [0.1, 0.15) is 21.7 Å². The number of carbonyl (C=O) groups is 1. The summed E-state index contributed by atoms with van der Waals surface area (Å²) < 4.78 is 6.52. The molecule has 0 saturated carbocycles. The number of ether oxygens (including phenoxy) is 1. The number of anilines is 1. The molecule has 3 rings (SSSR count). The van der Waals surface area contributed by atoms with Crippen LogP contribution in [0, 0.1) is 13.8 Å². The van der Waals surface area contributed by atoms with Gasteiger partial charge >= 0.3 is 6.01 Å². The molecule has 126 valence electrons. The molecule has 1 N–H and O–H groups in total. The molecule has 1 aromatic heterocycles. The van der Waals surface area contributed by atoms with E-state index in [1.54, 1.807) is 36.4 Å². The molecule has 0 aliphatic heterocycles. The van der Waals surface area contributed by atoms with Crippen LogP contribution in [0.4, 0.5) is 5.69 Å². The maximum Gasteiger partial charge on any atom is 0.322 e. The van der Waals surface area contributed by atoms with Gasteiger partial charge in [-0.1, -0.05) is 22.0 Å². The van der Waals surface area contributed by atoms with Crippen molar-refractivity contribution in [1.82, 2.24) is 9.97 Å². The lowest BCUT2D eigenvalue weighted by Gasteiger charge is -2.08. The molecular formula is C19H16BrN3O2. The van der Waals surface area contributed by atoms with Crippen molar-refractivity contribution in [3.05, 3.63) is 76.0 Å². The lowest BCUT2D eigenvalue weighted by Crippen LogP contribution is -2.11. The molecule has 0 radical (unpaired) electrons. The van der Waals surface area contributed by atoms with Crippen LogP contribution in [0.2, 0.25) is 0 Å². The Morgan fingerprint density at radius 3 is 2.32 bits per heavy atom. The minimum atomic E-state index is -0.174. The van der Waals surface area contributed by atoms with E-state index < -0.39 is 0 Å². The lowest BCUT2D eigenvalue weighted by atomic mass is 10.2. The van der Waals surface area contributed by atoms with Crippen LogP contribution in [0.25, 0.3) is 0 Å². The quantitative estimate of drug-likeness (QED) is 0.679. The SMILES string of the molecule is Cc1cc(C)nc(Oc2ccc(NC(=O)c3cccc(Br)c3)cc2)n1. The third kappa shape index (κ3) is 4.64. The van der Waals surface area contributed by atoms with Crippen LogP contribution < -0.4 is 10.1 Å². The van der Waals surface area contributed by atoms with Crippen molar-refractivity contribution in [2.75, 3.05) is 5.32 Å². The first-order valence-electron chi connectivity index (χ1n) is 7.67. The molecule has 1 amide bonds. The van der Waals surface area contributed by atoms with Gasteiger partial charge in [-0.25, -0.2) is 9.97 Å². The average molecular weight is 398 g/mol. The van der Waals surface area contributed by atoms with E-state index >= 15 is 0 Å². The predicted octanol–water partition coefficient (Wildman–Crippen LogP) is 4.90. The summed E-state index contributed by atoms with van der Waals surface area (Å²) in [7, 11) is 0. The molecular weight excluding hydrogens is 382 g/mol. The van der Waals surface area contributed by atoms with Gasteiger partial charge in [0.25, 0.3) is 5.91 Å². The van der Waals surface area contributed by atoms with Gasteiger partial charge in [-0.05, 0) is 62.4 Å². The molecule has 25 heavy (non-hydrogen) atoms. The third-order valence-corrected chi connectivity index (χ3v) is 3.86. The average Bonchev–Trinajstić information content (AvgIpc) is 2.56. The largest absolute Gasteiger partial charge is 0.424 e. The Hall–Kier alpha value is -2.73. The van der Waals surface area contributed by atoms with Crippen LogP contribution in [0.5, 0.6) is 11.8 Å². The van der Waals surface area contributed by atoms with Crippen molar-refractivity contribution in [2.24, 2.45) is 0 Å². The molecule has 3 aromatic rings.